The quantitative estimate of drug-likeness (QED) is 0.0647. The second-order valence-corrected chi connectivity index (χ2v) is 16.9. The van der Waals surface area contributed by atoms with E-state index in [0.717, 1.165) is 21.6 Å². The Kier molecular flexibility index (Phi) is 16.5. The average Bonchev–Trinajstić information content (AvgIpc) is 3.71. The van der Waals surface area contributed by atoms with E-state index in [1.54, 1.807) is 45.0 Å². The van der Waals surface area contributed by atoms with Crippen LogP contribution >= 0.6 is 23.4 Å². The zero-order valence-corrected chi connectivity index (χ0v) is 35.8. The first kappa shape index (κ1) is 46.3. The Morgan fingerprint density at radius 3 is 2.36 bits per heavy atom. The second kappa shape index (κ2) is 21.7. The summed E-state index contributed by atoms with van der Waals surface area (Å²) in [5, 5.41) is 16.5. The van der Waals surface area contributed by atoms with Gasteiger partial charge in [0.1, 0.15) is 18.1 Å². The van der Waals surface area contributed by atoms with Crippen molar-refractivity contribution in [2.45, 2.75) is 96.9 Å². The van der Waals surface area contributed by atoms with Crippen molar-refractivity contribution in [3.63, 3.8) is 0 Å². The van der Waals surface area contributed by atoms with Gasteiger partial charge in [-0.05, 0) is 79.2 Å². The number of urea groups is 1. The minimum atomic E-state index is -0.847. The lowest BCUT2D eigenvalue weighted by Gasteiger charge is -2.29. The van der Waals surface area contributed by atoms with E-state index in [1.165, 1.54) is 28.8 Å². The highest BCUT2D eigenvalue weighted by Crippen LogP contribution is 2.28. The van der Waals surface area contributed by atoms with Crippen molar-refractivity contribution in [3.05, 3.63) is 75.8 Å². The maximum Gasteiger partial charge on any atom is 0.319 e. The van der Waals surface area contributed by atoms with Gasteiger partial charge in [0.05, 0.1) is 5.88 Å². The largest absolute Gasteiger partial charge is 0.345 e. The van der Waals surface area contributed by atoms with E-state index in [4.69, 9.17) is 11.6 Å². The summed E-state index contributed by atoms with van der Waals surface area (Å²) in [4.78, 5) is 114. The number of aryl methyl sites for hydroxylation is 1. The fourth-order valence-electron chi connectivity index (χ4n) is 6.99. The van der Waals surface area contributed by atoms with E-state index in [1.807, 2.05) is 12.1 Å². The molecule has 3 aliphatic heterocycles. The molecule has 0 spiro atoms. The Labute approximate surface area is 362 Å². The topological polar surface area (TPSA) is 232 Å². The van der Waals surface area contributed by atoms with Crippen molar-refractivity contribution < 1.29 is 43.2 Å². The van der Waals surface area contributed by atoms with E-state index in [2.05, 4.69) is 31.9 Å². The Bertz CT molecular complexity index is 2080. The molecule has 3 aliphatic rings. The number of imide groups is 2. The first-order chi connectivity index (χ1) is 29.1. The Hall–Kier alpha value is -5.75. The van der Waals surface area contributed by atoms with Crippen LogP contribution in [-0.4, -0.2) is 99.4 Å². The number of hydrogen-bond donors (Lipinski definition) is 6. The molecule has 17 nitrogen and oxygen atoms in total. The van der Waals surface area contributed by atoms with Crippen LogP contribution in [0.4, 0.5) is 10.5 Å². The summed E-state index contributed by atoms with van der Waals surface area (Å²) in [6.07, 6.45) is 5.40. The van der Waals surface area contributed by atoms with Crippen LogP contribution in [0.2, 0.25) is 5.02 Å². The number of piperidine rings is 1. The Balaban J connectivity index is 0.954. The number of unbranched alkanes of at least 4 members (excludes halogenated alkanes) is 2. The van der Waals surface area contributed by atoms with Crippen molar-refractivity contribution in [3.8, 4) is 0 Å². The third-order valence-corrected chi connectivity index (χ3v) is 11.6. The van der Waals surface area contributed by atoms with Gasteiger partial charge in [-0.15, -0.1) is 11.8 Å². The maximum absolute atomic E-state index is 13.0. The molecule has 19 heteroatoms. The highest BCUT2D eigenvalue weighted by molar-refractivity contribution is 7.99. The summed E-state index contributed by atoms with van der Waals surface area (Å²) >= 11 is 7.99. The number of anilines is 1. The summed E-state index contributed by atoms with van der Waals surface area (Å²) < 4.78 is 0. The van der Waals surface area contributed by atoms with Crippen LogP contribution in [-0.2, 0) is 53.1 Å². The number of halogens is 1. The smallest absolute Gasteiger partial charge is 0.319 e. The first-order valence-electron chi connectivity index (χ1n) is 20.2. The summed E-state index contributed by atoms with van der Waals surface area (Å²) in [5.74, 6) is -2.24. The van der Waals surface area contributed by atoms with Crippen molar-refractivity contribution in [1.29, 1.82) is 0 Å². The van der Waals surface area contributed by atoms with Crippen molar-refractivity contribution in [1.82, 2.24) is 36.4 Å². The number of nitrogens with zero attached hydrogens (tertiary/aromatic N) is 2. The van der Waals surface area contributed by atoms with Crippen LogP contribution in [0.25, 0.3) is 0 Å². The van der Waals surface area contributed by atoms with Gasteiger partial charge in [0, 0.05) is 60.9 Å². The molecular weight excluding hydrogens is 828 g/mol. The molecular formula is C42H51ClN8O9S. The molecule has 0 bridgehead atoms. The number of fused-ring (bicyclic) bond motifs is 1. The van der Waals surface area contributed by atoms with E-state index in [-0.39, 0.29) is 86.1 Å². The number of thioether (sulfide) groups is 1. The third kappa shape index (κ3) is 12.9. The Morgan fingerprint density at radius 2 is 1.66 bits per heavy atom. The Morgan fingerprint density at radius 1 is 0.902 bits per heavy atom. The lowest BCUT2D eigenvalue weighted by Crippen LogP contribution is -2.54. The van der Waals surface area contributed by atoms with Gasteiger partial charge in [0.15, 0.2) is 0 Å². The first-order valence-corrected chi connectivity index (χ1v) is 21.7. The van der Waals surface area contributed by atoms with E-state index >= 15 is 0 Å². The van der Waals surface area contributed by atoms with Gasteiger partial charge in [-0.25, -0.2) is 4.79 Å². The molecule has 1 fully saturated rings. The number of nitrogens with one attached hydrogen (secondary N) is 6. The molecule has 0 radical (unpaired) electrons. The van der Waals surface area contributed by atoms with Gasteiger partial charge in [-0.3, -0.25) is 48.6 Å². The van der Waals surface area contributed by atoms with Gasteiger partial charge in [0.2, 0.25) is 29.5 Å². The number of carbonyl (C=O) groups excluding carboxylic acids is 9. The van der Waals surface area contributed by atoms with Gasteiger partial charge < -0.3 is 31.5 Å². The van der Waals surface area contributed by atoms with Crippen LogP contribution in [0.5, 0.6) is 0 Å². The van der Waals surface area contributed by atoms with Crippen molar-refractivity contribution >= 4 is 82.3 Å². The zero-order chi connectivity index (χ0) is 44.2. The standard InChI is InChI=1S/C42H51ClN8O9S/c1-24(2)37(48-33(52)7-5-4-6-17-50-35(54)14-15-36(50)55)40(58)46-25(3)38(56)45-23-61-18-16-27-9-10-29(20-31(27)43)47-42(60)44-21-26-8-11-30-28(19-26)22-51(41(30)59)32-12-13-34(53)49-39(32)57/h8-11,14-15,19-20,24-25,32,37H,4-7,12-13,16-18,21-23H2,1-3H3,(H,45,56)(H,46,58)(H,48,52)(H2,44,47,60)(H,49,53,57). The fraction of sp³-hybridized carbons (Fsp3) is 0.452. The van der Waals surface area contributed by atoms with Crippen LogP contribution < -0.4 is 31.9 Å². The van der Waals surface area contributed by atoms with E-state index < -0.39 is 36.0 Å². The highest BCUT2D eigenvalue weighted by atomic mass is 35.5. The second-order valence-electron chi connectivity index (χ2n) is 15.3. The molecule has 1 saturated heterocycles. The predicted octanol–water partition coefficient (Wildman–Crippen LogP) is 2.90. The molecule has 326 valence electrons. The number of hydrogen-bond acceptors (Lipinski definition) is 10. The molecule has 10 amide bonds. The van der Waals surface area contributed by atoms with Crippen LogP contribution in [0, 0.1) is 5.92 Å². The summed E-state index contributed by atoms with van der Waals surface area (Å²) in [6, 6.07) is 7.58. The lowest BCUT2D eigenvalue weighted by atomic mass is 10.0. The summed E-state index contributed by atoms with van der Waals surface area (Å²) in [6.45, 7) is 5.87. The highest BCUT2D eigenvalue weighted by Gasteiger charge is 2.39. The molecule has 2 aromatic rings. The average molecular weight is 879 g/mol. The molecule has 3 atom stereocenters. The van der Waals surface area contributed by atoms with Crippen molar-refractivity contribution in [2.75, 3.05) is 23.5 Å². The molecule has 5 rings (SSSR count). The third-order valence-electron chi connectivity index (χ3n) is 10.4. The van der Waals surface area contributed by atoms with Crippen molar-refractivity contribution in [2.24, 2.45) is 5.92 Å². The molecule has 0 aromatic heterocycles. The number of benzene rings is 2. The van der Waals surface area contributed by atoms with Gasteiger partial charge >= 0.3 is 6.03 Å². The summed E-state index contributed by atoms with van der Waals surface area (Å²) in [7, 11) is 0. The predicted molar refractivity (Wildman–Crippen MR) is 228 cm³/mol. The van der Waals surface area contributed by atoms with E-state index in [9.17, 15) is 43.2 Å². The SMILES string of the molecule is CC(NC(=O)C(NC(=O)CCCCCN1C(=O)C=CC1=O)C(C)C)C(=O)NCSCCc1ccc(NC(=O)NCc2ccc3c(c2)CN(C2CCC(=O)NC2=O)C3=O)cc1Cl. The zero-order valence-electron chi connectivity index (χ0n) is 34.3. The molecule has 2 aromatic carbocycles. The molecule has 61 heavy (non-hydrogen) atoms. The minimum Gasteiger partial charge on any atom is -0.345 e. The summed E-state index contributed by atoms with van der Waals surface area (Å²) in [5.41, 5.74) is 3.33. The van der Waals surface area contributed by atoms with Crippen LogP contribution in [0.1, 0.15) is 86.3 Å². The molecule has 6 N–H and O–H groups in total. The maximum atomic E-state index is 13.0. The minimum absolute atomic E-state index is 0.174. The monoisotopic (exact) mass is 878 g/mol. The van der Waals surface area contributed by atoms with E-state index in [0.29, 0.717) is 47.7 Å². The lowest BCUT2D eigenvalue weighted by molar-refractivity contribution is -0.138. The molecule has 3 unspecified atom stereocenters. The number of carbonyl (C=O) groups is 9. The number of rotatable bonds is 20. The number of amides is 10. The molecule has 0 aliphatic carbocycles. The molecule has 0 saturated carbocycles. The van der Waals surface area contributed by atoms with Gasteiger partial charge in [-0.1, -0.05) is 50.1 Å². The van der Waals surface area contributed by atoms with Gasteiger partial charge in [0.25, 0.3) is 17.7 Å². The fourth-order valence-corrected chi connectivity index (χ4v) is 8.01. The van der Waals surface area contributed by atoms with Crippen LogP contribution in [0.3, 0.4) is 0 Å². The van der Waals surface area contributed by atoms with Crippen LogP contribution in [0.15, 0.2) is 48.6 Å². The molecule has 3 heterocycles. The normalized spacial score (nSPS) is 16.9. The van der Waals surface area contributed by atoms with Gasteiger partial charge in [-0.2, -0.15) is 0 Å².